The number of hydrogen-bond acceptors (Lipinski definition) is 6. The van der Waals surface area contributed by atoms with Crippen molar-refractivity contribution in [3.8, 4) is 0 Å². The molecule has 0 fully saturated rings. The summed E-state index contributed by atoms with van der Waals surface area (Å²) >= 11 is 0. The number of pyridine rings is 1. The number of benzene rings is 1. The van der Waals surface area contributed by atoms with Crippen LogP contribution in [0.3, 0.4) is 0 Å². The number of alkyl halides is 3. The Bertz CT molecular complexity index is 955. The Morgan fingerprint density at radius 2 is 2.04 bits per heavy atom. The number of halogens is 3. The Kier molecular flexibility index (Phi) is 4.97. The van der Waals surface area contributed by atoms with Gasteiger partial charge in [-0.25, -0.2) is 9.97 Å². The number of hydrogen-bond donors (Lipinski definition) is 3. The van der Waals surface area contributed by atoms with Crippen LogP contribution in [0.15, 0.2) is 53.3 Å². The summed E-state index contributed by atoms with van der Waals surface area (Å²) in [5.74, 6) is -1.93. The van der Waals surface area contributed by atoms with Crippen LogP contribution in [0, 0.1) is 0 Å². The van der Waals surface area contributed by atoms with E-state index in [1.165, 1.54) is 0 Å². The van der Waals surface area contributed by atoms with Crippen molar-refractivity contribution < 1.29 is 22.4 Å². The van der Waals surface area contributed by atoms with E-state index in [1.807, 2.05) is 6.07 Å². The van der Waals surface area contributed by atoms with Crippen molar-refractivity contribution in [2.24, 2.45) is 0 Å². The van der Waals surface area contributed by atoms with E-state index in [-0.39, 0.29) is 0 Å². The average molecular weight is 377 g/mol. The molecule has 4 N–H and O–H groups in total. The number of nitrogens with two attached hydrogens (primary N) is 1. The maximum atomic E-state index is 12.5. The lowest BCUT2D eigenvalue weighted by Gasteiger charge is -2.10. The van der Waals surface area contributed by atoms with Gasteiger partial charge in [0.05, 0.1) is 5.69 Å². The third-order valence-corrected chi connectivity index (χ3v) is 3.49. The van der Waals surface area contributed by atoms with Crippen LogP contribution in [-0.4, -0.2) is 15.9 Å². The molecule has 0 unspecified atom stereocenters. The van der Waals surface area contributed by atoms with Gasteiger partial charge in [-0.1, -0.05) is 12.1 Å². The molecule has 0 saturated heterocycles. The minimum absolute atomic E-state index is 0.355. The number of carbonyl (C=O) groups is 1. The second-order valence-corrected chi connectivity index (χ2v) is 5.48. The zero-order valence-corrected chi connectivity index (χ0v) is 13.7. The number of amides is 1. The Morgan fingerprint density at radius 3 is 2.74 bits per heavy atom. The Morgan fingerprint density at radius 1 is 1.22 bits per heavy atom. The summed E-state index contributed by atoms with van der Waals surface area (Å²) in [6.45, 7) is 0.405. The van der Waals surface area contributed by atoms with Gasteiger partial charge < -0.3 is 20.8 Å². The van der Waals surface area contributed by atoms with Gasteiger partial charge in [-0.2, -0.15) is 13.2 Å². The molecule has 1 amide bonds. The highest BCUT2D eigenvalue weighted by atomic mass is 19.4. The molecule has 27 heavy (non-hydrogen) atoms. The number of nitrogens with one attached hydrogen (secondary N) is 2. The lowest BCUT2D eigenvalue weighted by atomic mass is 10.2. The lowest BCUT2D eigenvalue weighted by Crippen LogP contribution is -2.14. The van der Waals surface area contributed by atoms with Crippen LogP contribution >= 0.6 is 0 Å². The van der Waals surface area contributed by atoms with Crippen molar-refractivity contribution in [1.29, 1.82) is 0 Å². The van der Waals surface area contributed by atoms with Gasteiger partial charge in [0.1, 0.15) is 12.1 Å². The molecule has 140 valence electrons. The smallest absolute Gasteiger partial charge is 0.441 e. The average Bonchev–Trinajstić information content (AvgIpc) is 3.12. The number of rotatable bonds is 5. The second kappa shape index (κ2) is 7.36. The Balaban J connectivity index is 1.66. The van der Waals surface area contributed by atoms with Crippen LogP contribution in [-0.2, 0) is 12.7 Å². The first-order valence-corrected chi connectivity index (χ1v) is 7.70. The molecule has 0 saturated carbocycles. The van der Waals surface area contributed by atoms with Gasteiger partial charge in [0.15, 0.2) is 5.69 Å². The van der Waals surface area contributed by atoms with Gasteiger partial charge >= 0.3 is 12.1 Å². The van der Waals surface area contributed by atoms with E-state index in [4.69, 9.17) is 5.73 Å². The van der Waals surface area contributed by atoms with Crippen molar-refractivity contribution >= 4 is 23.1 Å². The maximum absolute atomic E-state index is 12.5. The van der Waals surface area contributed by atoms with Crippen molar-refractivity contribution in [1.82, 2.24) is 9.97 Å². The molecular weight excluding hydrogens is 363 g/mol. The van der Waals surface area contributed by atoms with Crippen molar-refractivity contribution in [2.75, 3.05) is 16.4 Å². The molecule has 0 aliphatic heterocycles. The summed E-state index contributed by atoms with van der Waals surface area (Å²) in [6, 6.07) is 10.3. The number of nitrogen functional groups attached to an aromatic ring is 1. The van der Waals surface area contributed by atoms with E-state index in [0.29, 0.717) is 30.0 Å². The van der Waals surface area contributed by atoms with E-state index in [0.717, 1.165) is 5.56 Å². The van der Waals surface area contributed by atoms with Gasteiger partial charge in [-0.05, 0) is 29.8 Å². The van der Waals surface area contributed by atoms with Gasteiger partial charge in [0.25, 0.3) is 5.91 Å². The van der Waals surface area contributed by atoms with Crippen LogP contribution in [0.4, 0.5) is 30.4 Å². The minimum Gasteiger partial charge on any atom is -0.441 e. The highest BCUT2D eigenvalue weighted by molar-refractivity contribution is 6.02. The number of oxazole rings is 1. The summed E-state index contributed by atoms with van der Waals surface area (Å²) in [6.07, 6.45) is -2.52. The largest absolute Gasteiger partial charge is 0.468 e. The van der Waals surface area contributed by atoms with Crippen molar-refractivity contribution in [2.45, 2.75) is 12.7 Å². The highest BCUT2D eigenvalue weighted by Gasteiger charge is 2.37. The Labute approximate surface area is 151 Å². The molecule has 7 nitrogen and oxygen atoms in total. The first-order chi connectivity index (χ1) is 12.8. The number of anilines is 3. The van der Waals surface area contributed by atoms with Crippen LogP contribution in [0.5, 0.6) is 0 Å². The van der Waals surface area contributed by atoms with E-state index < -0.39 is 23.7 Å². The molecule has 0 radical (unpaired) electrons. The van der Waals surface area contributed by atoms with E-state index in [2.05, 4.69) is 25.0 Å². The molecule has 0 aliphatic rings. The molecule has 3 aromatic rings. The number of nitrogens with zero attached hydrogens (tertiary/aromatic N) is 2. The summed E-state index contributed by atoms with van der Waals surface area (Å²) in [4.78, 5) is 19.2. The SMILES string of the molecule is Nc1ncccc1NCc1cccc(NC(=O)c2coc(C(F)(F)F)n2)c1. The van der Waals surface area contributed by atoms with Gasteiger partial charge in [-0.3, -0.25) is 4.79 Å². The normalized spacial score (nSPS) is 11.2. The summed E-state index contributed by atoms with van der Waals surface area (Å²) < 4.78 is 41.8. The maximum Gasteiger partial charge on any atom is 0.468 e. The van der Waals surface area contributed by atoms with Crippen molar-refractivity contribution in [3.63, 3.8) is 0 Å². The first-order valence-electron chi connectivity index (χ1n) is 7.70. The number of carbonyl (C=O) groups excluding carboxylic acids is 1. The fourth-order valence-corrected chi connectivity index (χ4v) is 2.23. The predicted molar refractivity (Wildman–Crippen MR) is 91.9 cm³/mol. The van der Waals surface area contributed by atoms with E-state index in [9.17, 15) is 18.0 Å². The molecule has 2 aromatic heterocycles. The molecule has 1 aromatic carbocycles. The zero-order chi connectivity index (χ0) is 19.4. The summed E-state index contributed by atoms with van der Waals surface area (Å²) in [7, 11) is 0. The van der Waals surface area contributed by atoms with Gasteiger partial charge in [0.2, 0.25) is 0 Å². The monoisotopic (exact) mass is 377 g/mol. The Hall–Kier alpha value is -3.56. The van der Waals surface area contributed by atoms with Gasteiger partial charge in [-0.15, -0.1) is 0 Å². The molecule has 0 bridgehead atoms. The van der Waals surface area contributed by atoms with Crippen LogP contribution < -0.4 is 16.4 Å². The molecule has 2 heterocycles. The zero-order valence-electron chi connectivity index (χ0n) is 13.7. The summed E-state index contributed by atoms with van der Waals surface area (Å²) in [5.41, 5.74) is 7.16. The van der Waals surface area contributed by atoms with Crippen molar-refractivity contribution in [3.05, 3.63) is 66.0 Å². The third-order valence-electron chi connectivity index (χ3n) is 3.49. The standard InChI is InChI=1S/C17H14F3N5O2/c18-17(19,20)16-25-13(9-27-16)15(26)24-11-4-1-3-10(7-11)8-23-12-5-2-6-22-14(12)21/h1-7,9,23H,8H2,(H2,21,22)(H,24,26). The molecule has 0 atom stereocenters. The fraction of sp³-hybridized carbons (Fsp3) is 0.118. The molecule has 10 heteroatoms. The van der Waals surface area contributed by atoms with E-state index >= 15 is 0 Å². The molecule has 0 spiro atoms. The summed E-state index contributed by atoms with van der Waals surface area (Å²) in [5, 5.41) is 5.59. The van der Waals surface area contributed by atoms with E-state index in [1.54, 1.807) is 36.5 Å². The molecule has 3 rings (SSSR count). The minimum atomic E-state index is -4.75. The second-order valence-electron chi connectivity index (χ2n) is 5.48. The quantitative estimate of drug-likeness (QED) is 0.628. The van der Waals surface area contributed by atoms with Crippen LogP contribution in [0.2, 0.25) is 0 Å². The predicted octanol–water partition coefficient (Wildman–Crippen LogP) is 3.54. The first kappa shape index (κ1) is 18.2. The van der Waals surface area contributed by atoms with Crippen LogP contribution in [0.25, 0.3) is 0 Å². The fourth-order valence-electron chi connectivity index (χ4n) is 2.23. The highest BCUT2D eigenvalue weighted by Crippen LogP contribution is 2.28. The third kappa shape index (κ3) is 4.54. The topological polar surface area (TPSA) is 106 Å². The lowest BCUT2D eigenvalue weighted by molar-refractivity contribution is -0.157. The molecule has 0 aliphatic carbocycles. The number of aromatic nitrogens is 2. The van der Waals surface area contributed by atoms with Gasteiger partial charge in [0, 0.05) is 18.4 Å². The van der Waals surface area contributed by atoms with Crippen LogP contribution in [0.1, 0.15) is 21.9 Å². The molecular formula is C17H14F3N5O2.